The molecule has 0 saturated carbocycles. The number of hydrazone groups is 1. The quantitative estimate of drug-likeness (QED) is 0.504. The summed E-state index contributed by atoms with van der Waals surface area (Å²) in [6.45, 7) is 1.75. The van der Waals surface area contributed by atoms with Gasteiger partial charge in [0, 0.05) is 20.9 Å². The van der Waals surface area contributed by atoms with E-state index in [0.29, 0.717) is 11.6 Å². The number of hydrogen-bond donors (Lipinski definition) is 2. The highest BCUT2D eigenvalue weighted by Gasteiger charge is 1.96. The summed E-state index contributed by atoms with van der Waals surface area (Å²) in [6.07, 6.45) is 1.68. The molecular formula is C12H11IN4O. The molecule has 0 aliphatic carbocycles. The van der Waals surface area contributed by atoms with E-state index in [4.69, 9.17) is 0 Å². The molecule has 1 heterocycles. The molecule has 0 amide bonds. The van der Waals surface area contributed by atoms with Gasteiger partial charge in [-0.25, -0.2) is 10.4 Å². The second-order valence-electron chi connectivity index (χ2n) is 3.63. The third-order valence-corrected chi connectivity index (χ3v) is 3.13. The van der Waals surface area contributed by atoms with Gasteiger partial charge in [-0.1, -0.05) is 18.2 Å². The van der Waals surface area contributed by atoms with Crippen molar-refractivity contribution in [2.45, 2.75) is 6.92 Å². The molecule has 0 unspecified atom stereocenters. The molecule has 92 valence electrons. The standard InChI is InChI=1S/C12H11IN4O/c1-8-6-11(18)16-12(15-8)17-14-7-9-4-2-3-5-10(9)13/h2-7H,1H3,(H2,15,16,17,18). The highest BCUT2D eigenvalue weighted by molar-refractivity contribution is 14.1. The second-order valence-corrected chi connectivity index (χ2v) is 4.79. The Morgan fingerprint density at radius 3 is 2.94 bits per heavy atom. The van der Waals surface area contributed by atoms with Crippen LogP contribution in [0.3, 0.4) is 0 Å². The molecule has 1 aromatic carbocycles. The minimum Gasteiger partial charge on any atom is -0.291 e. The lowest BCUT2D eigenvalue weighted by atomic mass is 10.2. The Balaban J connectivity index is 2.12. The molecule has 5 nitrogen and oxygen atoms in total. The molecule has 0 radical (unpaired) electrons. The third kappa shape index (κ3) is 3.39. The Labute approximate surface area is 117 Å². The first-order chi connectivity index (χ1) is 8.65. The molecule has 2 N–H and O–H groups in total. The lowest BCUT2D eigenvalue weighted by molar-refractivity contribution is 1.04. The topological polar surface area (TPSA) is 70.1 Å². The van der Waals surface area contributed by atoms with Crippen molar-refractivity contribution >= 4 is 34.8 Å². The summed E-state index contributed by atoms with van der Waals surface area (Å²) in [6, 6.07) is 9.28. The number of aromatic nitrogens is 2. The largest absolute Gasteiger partial charge is 0.291 e. The number of anilines is 1. The number of aromatic amines is 1. The molecule has 0 atom stereocenters. The van der Waals surface area contributed by atoms with Crippen molar-refractivity contribution in [1.29, 1.82) is 0 Å². The molecule has 0 aliphatic heterocycles. The number of hydrogen-bond acceptors (Lipinski definition) is 4. The van der Waals surface area contributed by atoms with Gasteiger partial charge in [-0.3, -0.25) is 9.78 Å². The van der Waals surface area contributed by atoms with Crippen LogP contribution in [0.5, 0.6) is 0 Å². The minimum absolute atomic E-state index is 0.200. The fourth-order valence-electron chi connectivity index (χ4n) is 1.37. The Morgan fingerprint density at radius 2 is 2.22 bits per heavy atom. The predicted molar refractivity (Wildman–Crippen MR) is 80.0 cm³/mol. The van der Waals surface area contributed by atoms with Gasteiger partial charge in [0.15, 0.2) is 0 Å². The first-order valence-electron chi connectivity index (χ1n) is 5.27. The molecule has 0 fully saturated rings. The maximum Gasteiger partial charge on any atom is 0.252 e. The zero-order valence-corrected chi connectivity index (χ0v) is 11.8. The van der Waals surface area contributed by atoms with E-state index in [1.54, 1.807) is 13.1 Å². The number of halogens is 1. The van der Waals surface area contributed by atoms with Crippen LogP contribution in [0.1, 0.15) is 11.3 Å². The Bertz CT molecular complexity index is 636. The van der Waals surface area contributed by atoms with Gasteiger partial charge in [0.1, 0.15) is 0 Å². The number of aryl methyl sites for hydroxylation is 1. The average molecular weight is 354 g/mol. The molecule has 0 aliphatic rings. The first kappa shape index (κ1) is 12.7. The zero-order chi connectivity index (χ0) is 13.0. The Hall–Kier alpha value is -1.70. The lowest BCUT2D eigenvalue weighted by Gasteiger charge is -2.00. The van der Waals surface area contributed by atoms with Crippen LogP contribution >= 0.6 is 22.6 Å². The van der Waals surface area contributed by atoms with Crippen molar-refractivity contribution in [3.8, 4) is 0 Å². The summed E-state index contributed by atoms with van der Waals surface area (Å²) >= 11 is 2.23. The molecule has 18 heavy (non-hydrogen) atoms. The SMILES string of the molecule is Cc1cc(=O)[nH]c(NN=Cc2ccccc2I)n1. The molecule has 2 rings (SSSR count). The molecule has 1 aromatic heterocycles. The van der Waals surface area contributed by atoms with Gasteiger partial charge >= 0.3 is 0 Å². The number of nitrogens with one attached hydrogen (secondary N) is 2. The Morgan fingerprint density at radius 1 is 1.44 bits per heavy atom. The summed E-state index contributed by atoms with van der Waals surface area (Å²) < 4.78 is 1.10. The van der Waals surface area contributed by atoms with Gasteiger partial charge < -0.3 is 0 Å². The fourth-order valence-corrected chi connectivity index (χ4v) is 1.90. The highest BCUT2D eigenvalue weighted by atomic mass is 127. The van der Waals surface area contributed by atoms with E-state index in [2.05, 4.69) is 43.1 Å². The van der Waals surface area contributed by atoms with Crippen LogP contribution in [0.15, 0.2) is 40.2 Å². The molecule has 0 saturated heterocycles. The molecular weight excluding hydrogens is 343 g/mol. The zero-order valence-electron chi connectivity index (χ0n) is 9.64. The number of H-pyrrole nitrogens is 1. The van der Waals surface area contributed by atoms with Crippen molar-refractivity contribution in [1.82, 2.24) is 9.97 Å². The average Bonchev–Trinajstić information content (AvgIpc) is 2.30. The molecule has 2 aromatic rings. The van der Waals surface area contributed by atoms with Crippen molar-refractivity contribution in [2.75, 3.05) is 5.43 Å². The van der Waals surface area contributed by atoms with Crippen molar-refractivity contribution in [2.24, 2.45) is 5.10 Å². The third-order valence-electron chi connectivity index (χ3n) is 2.15. The molecule has 0 spiro atoms. The maximum absolute atomic E-state index is 11.2. The summed E-state index contributed by atoms with van der Waals surface area (Å²) in [5, 5.41) is 4.04. The van der Waals surface area contributed by atoms with Crippen LogP contribution in [0.25, 0.3) is 0 Å². The van der Waals surface area contributed by atoms with E-state index in [1.807, 2.05) is 24.3 Å². The monoisotopic (exact) mass is 354 g/mol. The predicted octanol–water partition coefficient (Wildman–Crippen LogP) is 2.13. The van der Waals surface area contributed by atoms with Gasteiger partial charge in [-0.05, 0) is 35.6 Å². The van der Waals surface area contributed by atoms with Gasteiger partial charge in [-0.15, -0.1) is 0 Å². The van der Waals surface area contributed by atoms with E-state index < -0.39 is 0 Å². The van der Waals surface area contributed by atoms with Gasteiger partial charge in [0.2, 0.25) is 5.95 Å². The molecule has 6 heteroatoms. The van der Waals surface area contributed by atoms with E-state index in [1.165, 1.54) is 6.07 Å². The van der Waals surface area contributed by atoms with Crippen molar-refractivity contribution in [3.63, 3.8) is 0 Å². The summed E-state index contributed by atoms with van der Waals surface area (Å²) in [5.41, 5.74) is 4.15. The number of rotatable bonds is 3. The maximum atomic E-state index is 11.2. The summed E-state index contributed by atoms with van der Waals surface area (Å²) in [5.74, 6) is 0.335. The van der Waals surface area contributed by atoms with E-state index in [9.17, 15) is 4.79 Å². The normalized spacial score (nSPS) is 10.8. The second kappa shape index (κ2) is 5.76. The number of nitrogens with zero attached hydrogens (tertiary/aromatic N) is 2. The van der Waals surface area contributed by atoms with Crippen LogP contribution in [-0.4, -0.2) is 16.2 Å². The fraction of sp³-hybridized carbons (Fsp3) is 0.0833. The van der Waals surface area contributed by atoms with Crippen LogP contribution < -0.4 is 11.0 Å². The van der Waals surface area contributed by atoms with Gasteiger partial charge in [-0.2, -0.15) is 5.10 Å². The highest BCUT2D eigenvalue weighted by Crippen LogP contribution is 2.08. The van der Waals surface area contributed by atoms with Crippen LogP contribution in [-0.2, 0) is 0 Å². The van der Waals surface area contributed by atoms with E-state index >= 15 is 0 Å². The summed E-state index contributed by atoms with van der Waals surface area (Å²) in [4.78, 5) is 17.9. The van der Waals surface area contributed by atoms with Crippen molar-refractivity contribution < 1.29 is 0 Å². The number of benzene rings is 1. The smallest absolute Gasteiger partial charge is 0.252 e. The van der Waals surface area contributed by atoms with Crippen LogP contribution in [0.2, 0.25) is 0 Å². The first-order valence-corrected chi connectivity index (χ1v) is 6.34. The Kier molecular flexibility index (Phi) is 4.08. The van der Waals surface area contributed by atoms with E-state index in [0.717, 1.165) is 9.13 Å². The van der Waals surface area contributed by atoms with Gasteiger partial charge in [0.25, 0.3) is 5.56 Å². The van der Waals surface area contributed by atoms with Crippen molar-refractivity contribution in [3.05, 3.63) is 55.5 Å². The van der Waals surface area contributed by atoms with Gasteiger partial charge in [0.05, 0.1) is 6.21 Å². The van der Waals surface area contributed by atoms with Crippen LogP contribution in [0, 0.1) is 10.5 Å². The van der Waals surface area contributed by atoms with Crippen LogP contribution in [0.4, 0.5) is 5.95 Å². The molecule has 0 bridgehead atoms. The van der Waals surface area contributed by atoms with E-state index in [-0.39, 0.29) is 5.56 Å². The minimum atomic E-state index is -0.200. The summed E-state index contributed by atoms with van der Waals surface area (Å²) in [7, 11) is 0. The lowest BCUT2D eigenvalue weighted by Crippen LogP contribution is -2.10.